The lowest BCUT2D eigenvalue weighted by Crippen LogP contribution is -2.08. The fourth-order valence-corrected chi connectivity index (χ4v) is 0.0945. The van der Waals surface area contributed by atoms with Crippen molar-refractivity contribution in [3.05, 3.63) is 0 Å². The molecule has 0 rings (SSSR count). The molecule has 0 amide bonds. The van der Waals surface area contributed by atoms with Crippen molar-refractivity contribution in [3.8, 4) is 0 Å². The lowest BCUT2D eigenvalue weighted by atomic mass is 9.64. The molecular weight excluding hydrogens is 88.7 g/mol. The average molecular weight is 99.8 g/mol. The highest BCUT2D eigenvalue weighted by atomic mass is 19.1. The monoisotopic (exact) mass is 100 g/mol. The van der Waals surface area contributed by atoms with E-state index in [0.717, 1.165) is 6.32 Å². The Morgan fingerprint density at radius 1 is 1.71 bits per heavy atom. The van der Waals surface area contributed by atoms with Crippen molar-refractivity contribution in [3.63, 3.8) is 0 Å². The summed E-state index contributed by atoms with van der Waals surface area (Å²) in [6, 6.07) is 0. The van der Waals surface area contributed by atoms with Gasteiger partial charge in [0.15, 0.2) is 0 Å². The Kier molecular flexibility index (Phi) is 2.41. The molecule has 40 valence electrons. The second kappa shape index (κ2) is 2.39. The van der Waals surface area contributed by atoms with E-state index in [9.17, 15) is 4.39 Å². The van der Waals surface area contributed by atoms with Crippen molar-refractivity contribution in [1.82, 2.24) is 0 Å². The molecule has 0 spiro atoms. The van der Waals surface area contributed by atoms with Gasteiger partial charge in [-0.3, -0.25) is 4.39 Å². The maximum Gasteiger partial charge on any atom is 0.111 e. The SMILES string of the molecule is BCC(B)(C)CF. The summed E-state index contributed by atoms with van der Waals surface area (Å²) in [5.74, 6) is 0. The van der Waals surface area contributed by atoms with Crippen molar-refractivity contribution in [2.24, 2.45) is 0 Å². The molecule has 0 nitrogen and oxygen atoms in total. The van der Waals surface area contributed by atoms with Gasteiger partial charge in [-0.05, 0) is 5.31 Å². The van der Waals surface area contributed by atoms with E-state index in [1.807, 2.05) is 22.6 Å². The van der Waals surface area contributed by atoms with Crippen LogP contribution in [0.15, 0.2) is 0 Å². The van der Waals surface area contributed by atoms with Gasteiger partial charge in [-0.15, -0.1) is 0 Å². The van der Waals surface area contributed by atoms with E-state index in [1.165, 1.54) is 0 Å². The molecule has 0 N–H and O–H groups in total. The summed E-state index contributed by atoms with van der Waals surface area (Å²) in [6.07, 6.45) is 0.920. The zero-order valence-corrected chi connectivity index (χ0v) is 5.29. The van der Waals surface area contributed by atoms with Crippen LogP contribution in [0.1, 0.15) is 6.92 Å². The van der Waals surface area contributed by atoms with Crippen LogP contribution < -0.4 is 0 Å². The molecule has 0 heterocycles. The van der Waals surface area contributed by atoms with Gasteiger partial charge in [0.25, 0.3) is 0 Å². The van der Waals surface area contributed by atoms with Crippen molar-refractivity contribution >= 4 is 15.7 Å². The van der Waals surface area contributed by atoms with Crippen LogP contribution in [0.2, 0.25) is 11.6 Å². The van der Waals surface area contributed by atoms with Gasteiger partial charge < -0.3 is 0 Å². The van der Waals surface area contributed by atoms with Gasteiger partial charge in [0.05, 0.1) is 6.67 Å². The molecule has 0 aliphatic rings. The molecule has 0 aromatic carbocycles. The summed E-state index contributed by atoms with van der Waals surface area (Å²) >= 11 is 0. The Labute approximate surface area is 46.3 Å². The van der Waals surface area contributed by atoms with Crippen molar-refractivity contribution in [2.75, 3.05) is 6.67 Å². The molecular formula is C4H11B2F. The van der Waals surface area contributed by atoms with E-state index in [-0.39, 0.29) is 12.0 Å². The topological polar surface area (TPSA) is 0 Å². The molecule has 0 aromatic heterocycles. The molecule has 3 heteroatoms. The maximum atomic E-state index is 11.8. The van der Waals surface area contributed by atoms with Gasteiger partial charge in [0.1, 0.15) is 15.7 Å². The van der Waals surface area contributed by atoms with E-state index in [2.05, 4.69) is 0 Å². The number of rotatable bonds is 2. The van der Waals surface area contributed by atoms with E-state index in [4.69, 9.17) is 0 Å². The van der Waals surface area contributed by atoms with E-state index < -0.39 is 0 Å². The van der Waals surface area contributed by atoms with Crippen molar-refractivity contribution in [1.29, 1.82) is 0 Å². The minimum Gasteiger partial charge on any atom is -0.251 e. The number of halogens is 1. The summed E-state index contributed by atoms with van der Waals surface area (Å²) in [5, 5.41) is -0.0833. The van der Waals surface area contributed by atoms with Crippen LogP contribution in [0.4, 0.5) is 4.39 Å². The maximum absolute atomic E-state index is 11.8. The zero-order chi connectivity index (χ0) is 5.91. The molecule has 0 saturated heterocycles. The van der Waals surface area contributed by atoms with Gasteiger partial charge >= 0.3 is 0 Å². The summed E-state index contributed by atoms with van der Waals surface area (Å²) in [6.45, 7) is 1.72. The fraction of sp³-hybridized carbons (Fsp3) is 1.00. The van der Waals surface area contributed by atoms with Crippen molar-refractivity contribution < 1.29 is 4.39 Å². The van der Waals surface area contributed by atoms with E-state index in [0.29, 0.717) is 0 Å². The summed E-state index contributed by atoms with van der Waals surface area (Å²) < 4.78 is 11.8. The number of hydrogen-bond donors (Lipinski definition) is 0. The van der Waals surface area contributed by atoms with Gasteiger partial charge in [-0.2, -0.15) is 0 Å². The Morgan fingerprint density at radius 3 is 2.14 bits per heavy atom. The highest BCUT2D eigenvalue weighted by molar-refractivity contribution is 6.21. The average Bonchev–Trinajstić information content (AvgIpc) is 1.68. The molecule has 0 aliphatic carbocycles. The third kappa shape index (κ3) is 2.72. The molecule has 0 aromatic rings. The predicted molar refractivity (Wildman–Crippen MR) is 36.2 cm³/mol. The van der Waals surface area contributed by atoms with Gasteiger partial charge in [-0.25, -0.2) is 0 Å². The third-order valence-electron chi connectivity index (χ3n) is 1.32. The minimum absolute atomic E-state index is 0.0833. The van der Waals surface area contributed by atoms with Crippen LogP contribution in [0.3, 0.4) is 0 Å². The number of hydrogen-bond acceptors (Lipinski definition) is 0. The Hall–Kier alpha value is 0.0599. The molecule has 0 bridgehead atoms. The highest BCUT2D eigenvalue weighted by Crippen LogP contribution is 2.23. The first kappa shape index (κ1) is 7.06. The second-order valence-corrected chi connectivity index (χ2v) is 2.65. The molecule has 0 radical (unpaired) electrons. The smallest absolute Gasteiger partial charge is 0.111 e. The lowest BCUT2D eigenvalue weighted by molar-refractivity contribution is 0.419. The Bertz CT molecular complexity index is 47.7. The molecule has 0 aliphatic heterocycles. The minimum atomic E-state index is -0.205. The molecule has 0 saturated carbocycles. The number of alkyl halides is 1. The van der Waals surface area contributed by atoms with Crippen molar-refractivity contribution in [2.45, 2.75) is 18.6 Å². The van der Waals surface area contributed by atoms with Gasteiger partial charge in [0.2, 0.25) is 0 Å². The van der Waals surface area contributed by atoms with Crippen LogP contribution in [0.25, 0.3) is 0 Å². The quantitative estimate of drug-likeness (QED) is 0.422. The highest BCUT2D eigenvalue weighted by Gasteiger charge is 2.12. The lowest BCUT2D eigenvalue weighted by Gasteiger charge is -2.15. The van der Waals surface area contributed by atoms with Crippen LogP contribution >= 0.6 is 0 Å². The van der Waals surface area contributed by atoms with E-state index >= 15 is 0 Å². The normalized spacial score (nSPS) is 18.6. The Morgan fingerprint density at radius 2 is 2.14 bits per heavy atom. The van der Waals surface area contributed by atoms with Gasteiger partial charge in [0, 0.05) is 0 Å². The van der Waals surface area contributed by atoms with Crippen LogP contribution in [-0.2, 0) is 0 Å². The first-order valence-corrected chi connectivity index (χ1v) is 2.68. The summed E-state index contributed by atoms with van der Waals surface area (Å²) in [5.41, 5.74) is 0. The fourth-order valence-electron chi connectivity index (χ4n) is 0.0945. The first-order chi connectivity index (χ1) is 3.12. The first-order valence-electron chi connectivity index (χ1n) is 2.68. The largest absolute Gasteiger partial charge is 0.251 e. The van der Waals surface area contributed by atoms with Crippen LogP contribution in [0.5, 0.6) is 0 Å². The second-order valence-electron chi connectivity index (χ2n) is 2.65. The standard InChI is InChI=1S/C4H11B2F/c1-4(6,2-5)3-7/h2-3,5-6H2,1H3. The molecule has 7 heavy (non-hydrogen) atoms. The van der Waals surface area contributed by atoms with E-state index in [1.54, 1.807) is 0 Å². The zero-order valence-electron chi connectivity index (χ0n) is 5.29. The molecule has 1 unspecified atom stereocenters. The summed E-state index contributed by atoms with van der Waals surface area (Å²) in [7, 11) is 3.92. The van der Waals surface area contributed by atoms with Gasteiger partial charge in [-0.1, -0.05) is 13.2 Å². The third-order valence-corrected chi connectivity index (χ3v) is 1.32. The molecule has 0 fully saturated rings. The Balaban J connectivity index is 3.36. The van der Waals surface area contributed by atoms with Crippen LogP contribution in [-0.4, -0.2) is 22.4 Å². The molecule has 1 atom stereocenters. The predicted octanol–water partition coefficient (Wildman–Crippen LogP) is -0.181. The summed E-state index contributed by atoms with van der Waals surface area (Å²) in [4.78, 5) is 0. The van der Waals surface area contributed by atoms with Crippen LogP contribution in [0, 0.1) is 0 Å².